The van der Waals surface area contributed by atoms with E-state index in [0.717, 1.165) is 22.2 Å². The van der Waals surface area contributed by atoms with Gasteiger partial charge in [0.1, 0.15) is 6.61 Å². The van der Waals surface area contributed by atoms with Crippen molar-refractivity contribution in [1.29, 1.82) is 0 Å². The fraction of sp³-hybridized carbons (Fsp3) is 0.136. The quantitative estimate of drug-likeness (QED) is 0.311. The molecule has 4 nitrogen and oxygen atoms in total. The lowest BCUT2D eigenvalue weighted by molar-refractivity contribution is -0.137. The molecule has 0 radical (unpaired) electrons. The molecule has 0 atom stereocenters. The standard InChI is InChI=1S/C22H18BrF3N2O2/c1-29-20-7-2-4-16(21(20)30-14-15-8-10-18(23)11-9-15)13-27-28-19-6-3-5-17(12-19)22(24,25)26/h2-13,28H,14H2,1H3. The van der Waals surface area contributed by atoms with Crippen molar-refractivity contribution in [3.8, 4) is 11.5 Å². The topological polar surface area (TPSA) is 42.8 Å². The van der Waals surface area contributed by atoms with E-state index < -0.39 is 11.7 Å². The number of methoxy groups -OCH3 is 1. The Balaban J connectivity index is 1.76. The molecular weight excluding hydrogens is 461 g/mol. The van der Waals surface area contributed by atoms with E-state index in [2.05, 4.69) is 26.5 Å². The van der Waals surface area contributed by atoms with Crippen LogP contribution in [-0.2, 0) is 12.8 Å². The SMILES string of the molecule is COc1cccc(C=NNc2cccc(C(F)(F)F)c2)c1OCc1ccc(Br)cc1. The van der Waals surface area contributed by atoms with E-state index in [1.54, 1.807) is 18.2 Å². The van der Waals surface area contributed by atoms with Crippen molar-refractivity contribution in [3.05, 3.63) is 87.9 Å². The van der Waals surface area contributed by atoms with Gasteiger partial charge in [-0.25, -0.2) is 0 Å². The Hall–Kier alpha value is -3.00. The molecule has 3 aromatic carbocycles. The van der Waals surface area contributed by atoms with Crippen molar-refractivity contribution in [2.45, 2.75) is 12.8 Å². The Morgan fingerprint density at radius 2 is 1.77 bits per heavy atom. The monoisotopic (exact) mass is 478 g/mol. The third-order valence-corrected chi connectivity index (χ3v) is 4.64. The van der Waals surface area contributed by atoms with E-state index >= 15 is 0 Å². The molecule has 3 rings (SSSR count). The first-order valence-corrected chi connectivity index (χ1v) is 9.66. The van der Waals surface area contributed by atoms with Gasteiger partial charge in [0.05, 0.1) is 24.6 Å². The van der Waals surface area contributed by atoms with Gasteiger partial charge in [-0.3, -0.25) is 5.43 Å². The number of benzene rings is 3. The van der Waals surface area contributed by atoms with Crippen molar-refractivity contribution in [2.24, 2.45) is 5.10 Å². The molecule has 30 heavy (non-hydrogen) atoms. The Kier molecular flexibility index (Phi) is 6.99. The summed E-state index contributed by atoms with van der Waals surface area (Å²) in [4.78, 5) is 0. The highest BCUT2D eigenvalue weighted by Crippen LogP contribution is 2.32. The van der Waals surface area contributed by atoms with Crippen LogP contribution in [0, 0.1) is 0 Å². The highest BCUT2D eigenvalue weighted by Gasteiger charge is 2.30. The summed E-state index contributed by atoms with van der Waals surface area (Å²) in [5.74, 6) is 1.01. The molecule has 0 aliphatic carbocycles. The van der Waals surface area contributed by atoms with Crippen LogP contribution in [0.15, 0.2) is 76.3 Å². The molecule has 0 aliphatic rings. The molecule has 3 aromatic rings. The molecule has 0 spiro atoms. The number of hydrazone groups is 1. The number of ether oxygens (including phenoxy) is 2. The second-order valence-electron chi connectivity index (χ2n) is 6.24. The fourth-order valence-corrected chi connectivity index (χ4v) is 2.89. The first-order chi connectivity index (χ1) is 14.4. The highest BCUT2D eigenvalue weighted by atomic mass is 79.9. The minimum atomic E-state index is -4.41. The van der Waals surface area contributed by atoms with Gasteiger partial charge in [-0.1, -0.05) is 40.2 Å². The van der Waals surface area contributed by atoms with Gasteiger partial charge < -0.3 is 9.47 Å². The van der Waals surface area contributed by atoms with Crippen molar-refractivity contribution in [1.82, 2.24) is 0 Å². The third kappa shape index (κ3) is 5.76. The molecule has 1 N–H and O–H groups in total. The van der Waals surface area contributed by atoms with Gasteiger partial charge in [-0.15, -0.1) is 0 Å². The van der Waals surface area contributed by atoms with Crippen LogP contribution >= 0.6 is 15.9 Å². The molecule has 0 aromatic heterocycles. The summed E-state index contributed by atoms with van der Waals surface area (Å²) in [6.07, 6.45) is -2.94. The zero-order valence-electron chi connectivity index (χ0n) is 15.9. The van der Waals surface area contributed by atoms with Gasteiger partial charge in [-0.2, -0.15) is 18.3 Å². The van der Waals surface area contributed by atoms with Crippen molar-refractivity contribution in [3.63, 3.8) is 0 Å². The van der Waals surface area contributed by atoms with E-state index in [1.807, 2.05) is 24.3 Å². The van der Waals surface area contributed by atoms with Crippen LogP contribution in [0.3, 0.4) is 0 Å². The second-order valence-corrected chi connectivity index (χ2v) is 7.16. The fourth-order valence-electron chi connectivity index (χ4n) is 2.63. The summed E-state index contributed by atoms with van der Waals surface area (Å²) < 4.78 is 50.8. The van der Waals surface area contributed by atoms with Crippen LogP contribution < -0.4 is 14.9 Å². The molecule has 0 saturated carbocycles. The predicted molar refractivity (Wildman–Crippen MR) is 114 cm³/mol. The van der Waals surface area contributed by atoms with Crippen molar-refractivity contribution < 1.29 is 22.6 Å². The number of hydrogen-bond acceptors (Lipinski definition) is 4. The summed E-state index contributed by atoms with van der Waals surface area (Å²) >= 11 is 3.39. The minimum absolute atomic E-state index is 0.223. The molecule has 0 saturated heterocycles. The highest BCUT2D eigenvalue weighted by molar-refractivity contribution is 9.10. The Labute approximate surface area is 180 Å². The number of rotatable bonds is 7. The van der Waals surface area contributed by atoms with Gasteiger partial charge in [0.15, 0.2) is 11.5 Å². The zero-order valence-corrected chi connectivity index (χ0v) is 17.5. The van der Waals surface area contributed by atoms with Crippen LogP contribution in [-0.4, -0.2) is 13.3 Å². The van der Waals surface area contributed by atoms with E-state index in [1.165, 1.54) is 25.5 Å². The first kappa shape index (κ1) is 21.7. The Morgan fingerprint density at radius 1 is 1.03 bits per heavy atom. The molecule has 156 valence electrons. The predicted octanol–water partition coefficient (Wildman–Crippen LogP) is 6.50. The zero-order chi connectivity index (χ0) is 21.6. The van der Waals surface area contributed by atoms with Crippen LogP contribution in [0.4, 0.5) is 18.9 Å². The van der Waals surface area contributed by atoms with Crippen LogP contribution in [0.2, 0.25) is 0 Å². The van der Waals surface area contributed by atoms with Gasteiger partial charge in [-0.05, 0) is 48.0 Å². The molecule has 0 fully saturated rings. The number of anilines is 1. The maximum Gasteiger partial charge on any atom is 0.416 e. The van der Waals surface area contributed by atoms with Gasteiger partial charge >= 0.3 is 6.18 Å². The van der Waals surface area contributed by atoms with E-state index in [4.69, 9.17) is 9.47 Å². The lowest BCUT2D eigenvalue weighted by Crippen LogP contribution is -2.05. The normalized spacial score (nSPS) is 11.5. The Bertz CT molecular complexity index is 1020. The lowest BCUT2D eigenvalue weighted by atomic mass is 10.2. The average molecular weight is 479 g/mol. The number of hydrogen-bond donors (Lipinski definition) is 1. The number of nitrogens with one attached hydrogen (secondary N) is 1. The average Bonchev–Trinajstić information content (AvgIpc) is 2.73. The minimum Gasteiger partial charge on any atom is -0.493 e. The van der Waals surface area contributed by atoms with Gasteiger partial charge in [0, 0.05) is 10.0 Å². The maximum atomic E-state index is 12.8. The van der Waals surface area contributed by atoms with Crippen molar-refractivity contribution in [2.75, 3.05) is 12.5 Å². The largest absolute Gasteiger partial charge is 0.493 e. The van der Waals surface area contributed by atoms with Gasteiger partial charge in [0.2, 0.25) is 0 Å². The molecule has 0 amide bonds. The summed E-state index contributed by atoms with van der Waals surface area (Å²) in [5.41, 5.74) is 3.68. The van der Waals surface area contributed by atoms with Crippen molar-refractivity contribution >= 4 is 27.8 Å². The van der Waals surface area contributed by atoms with E-state index in [0.29, 0.717) is 23.7 Å². The summed E-state index contributed by atoms with van der Waals surface area (Å²) in [6, 6.07) is 17.8. The molecule has 8 heteroatoms. The number of halogens is 4. The van der Waals surface area contributed by atoms with Crippen LogP contribution in [0.5, 0.6) is 11.5 Å². The van der Waals surface area contributed by atoms with Gasteiger partial charge in [0.25, 0.3) is 0 Å². The molecule has 0 aliphatic heterocycles. The number of nitrogens with zero attached hydrogens (tertiary/aromatic N) is 1. The van der Waals surface area contributed by atoms with E-state index in [-0.39, 0.29) is 5.69 Å². The van der Waals surface area contributed by atoms with Crippen LogP contribution in [0.25, 0.3) is 0 Å². The number of alkyl halides is 3. The third-order valence-electron chi connectivity index (χ3n) is 4.11. The first-order valence-electron chi connectivity index (χ1n) is 8.87. The summed E-state index contributed by atoms with van der Waals surface area (Å²) in [5, 5.41) is 4.05. The Morgan fingerprint density at radius 3 is 2.47 bits per heavy atom. The molecule has 0 bridgehead atoms. The van der Waals surface area contributed by atoms with Crippen LogP contribution in [0.1, 0.15) is 16.7 Å². The maximum absolute atomic E-state index is 12.8. The molecule has 0 unspecified atom stereocenters. The molecular formula is C22H18BrF3N2O2. The number of para-hydroxylation sites is 1. The summed E-state index contributed by atoms with van der Waals surface area (Å²) in [6.45, 7) is 0.315. The van der Waals surface area contributed by atoms with E-state index in [9.17, 15) is 13.2 Å². The molecule has 0 heterocycles. The summed E-state index contributed by atoms with van der Waals surface area (Å²) in [7, 11) is 1.53. The smallest absolute Gasteiger partial charge is 0.416 e. The lowest BCUT2D eigenvalue weighted by Gasteiger charge is -2.13. The second kappa shape index (κ2) is 9.67.